The van der Waals surface area contributed by atoms with Crippen LogP contribution < -0.4 is 0 Å². The Hall–Kier alpha value is -1.42. The maximum atomic E-state index is 6.05. The number of hydrogen-bond acceptors (Lipinski definition) is 3. The van der Waals surface area contributed by atoms with E-state index in [1.54, 1.807) is 16.9 Å². The van der Waals surface area contributed by atoms with E-state index in [9.17, 15) is 0 Å². The Labute approximate surface area is 92.9 Å². The SMILES string of the molecule is CCCc1cc(Cl)n(-c2cccnn2)n1. The van der Waals surface area contributed by atoms with Crippen LogP contribution in [0.25, 0.3) is 5.82 Å². The number of hydrogen-bond donors (Lipinski definition) is 0. The van der Waals surface area contributed by atoms with Crippen LogP contribution in [0.4, 0.5) is 0 Å². The molecule has 4 nitrogen and oxygen atoms in total. The Kier molecular flexibility index (Phi) is 2.97. The normalized spacial score (nSPS) is 10.5. The van der Waals surface area contributed by atoms with E-state index in [-0.39, 0.29) is 0 Å². The van der Waals surface area contributed by atoms with Crippen LogP contribution in [0.15, 0.2) is 24.4 Å². The van der Waals surface area contributed by atoms with Crippen molar-refractivity contribution in [2.45, 2.75) is 19.8 Å². The summed E-state index contributed by atoms with van der Waals surface area (Å²) in [6.45, 7) is 2.11. The van der Waals surface area contributed by atoms with Crippen molar-refractivity contribution in [1.29, 1.82) is 0 Å². The molecule has 0 aliphatic heterocycles. The van der Waals surface area contributed by atoms with Gasteiger partial charge in [-0.1, -0.05) is 24.9 Å². The minimum Gasteiger partial charge on any atom is -0.202 e. The molecule has 0 N–H and O–H groups in total. The van der Waals surface area contributed by atoms with E-state index in [4.69, 9.17) is 11.6 Å². The van der Waals surface area contributed by atoms with E-state index in [1.807, 2.05) is 12.1 Å². The molecule has 78 valence electrons. The lowest BCUT2D eigenvalue weighted by molar-refractivity contribution is 0.774. The smallest absolute Gasteiger partial charge is 0.177 e. The summed E-state index contributed by atoms with van der Waals surface area (Å²) in [6, 6.07) is 5.49. The molecule has 0 radical (unpaired) electrons. The van der Waals surface area contributed by atoms with Gasteiger partial charge in [0.05, 0.1) is 5.69 Å². The summed E-state index contributed by atoms with van der Waals surface area (Å²) < 4.78 is 1.60. The van der Waals surface area contributed by atoms with Crippen LogP contribution in [0.5, 0.6) is 0 Å². The van der Waals surface area contributed by atoms with Gasteiger partial charge < -0.3 is 0 Å². The first kappa shape index (κ1) is 10.1. The van der Waals surface area contributed by atoms with E-state index in [1.165, 1.54) is 0 Å². The minimum absolute atomic E-state index is 0.568. The van der Waals surface area contributed by atoms with Gasteiger partial charge in [-0.2, -0.15) is 10.2 Å². The monoisotopic (exact) mass is 222 g/mol. The summed E-state index contributed by atoms with van der Waals surface area (Å²) >= 11 is 6.05. The largest absolute Gasteiger partial charge is 0.202 e. The van der Waals surface area contributed by atoms with Crippen LogP contribution in [0, 0.1) is 0 Å². The summed E-state index contributed by atoms with van der Waals surface area (Å²) in [6.07, 6.45) is 3.59. The van der Waals surface area contributed by atoms with Gasteiger partial charge in [0.25, 0.3) is 0 Å². The molecule has 0 bridgehead atoms. The lowest BCUT2D eigenvalue weighted by Gasteiger charge is -1.98. The van der Waals surface area contributed by atoms with Crippen molar-refractivity contribution < 1.29 is 0 Å². The Morgan fingerprint density at radius 3 is 3.00 bits per heavy atom. The first-order chi connectivity index (χ1) is 7.31. The minimum atomic E-state index is 0.568. The average Bonchev–Trinajstić information content (AvgIpc) is 2.61. The lowest BCUT2D eigenvalue weighted by atomic mass is 10.3. The molecular weight excluding hydrogens is 212 g/mol. The van der Waals surface area contributed by atoms with Crippen LogP contribution in [0.1, 0.15) is 19.0 Å². The number of aromatic nitrogens is 4. The van der Waals surface area contributed by atoms with E-state index >= 15 is 0 Å². The summed E-state index contributed by atoms with van der Waals surface area (Å²) in [5, 5.41) is 12.7. The molecule has 15 heavy (non-hydrogen) atoms. The molecule has 0 aromatic carbocycles. The fraction of sp³-hybridized carbons (Fsp3) is 0.300. The highest BCUT2D eigenvalue weighted by molar-refractivity contribution is 6.29. The molecule has 2 rings (SSSR count). The summed E-state index contributed by atoms with van der Waals surface area (Å²) in [5.74, 6) is 0.643. The topological polar surface area (TPSA) is 43.6 Å². The molecule has 0 aliphatic rings. The molecule has 0 atom stereocenters. The van der Waals surface area contributed by atoms with E-state index in [0.717, 1.165) is 18.5 Å². The van der Waals surface area contributed by atoms with Crippen molar-refractivity contribution in [3.63, 3.8) is 0 Å². The maximum absolute atomic E-state index is 6.05. The average molecular weight is 223 g/mol. The van der Waals surface area contributed by atoms with Gasteiger partial charge in [0.2, 0.25) is 0 Å². The van der Waals surface area contributed by atoms with Crippen molar-refractivity contribution in [3.8, 4) is 5.82 Å². The Morgan fingerprint density at radius 2 is 2.33 bits per heavy atom. The maximum Gasteiger partial charge on any atom is 0.177 e. The van der Waals surface area contributed by atoms with Gasteiger partial charge in [-0.3, -0.25) is 0 Å². The summed E-state index contributed by atoms with van der Waals surface area (Å²) in [4.78, 5) is 0. The molecular formula is C10H11ClN4. The van der Waals surface area contributed by atoms with Gasteiger partial charge in [-0.05, 0) is 24.6 Å². The molecule has 0 fully saturated rings. The second-order valence-corrected chi connectivity index (χ2v) is 3.59. The highest BCUT2D eigenvalue weighted by Gasteiger charge is 2.07. The van der Waals surface area contributed by atoms with Crippen LogP contribution in [-0.4, -0.2) is 20.0 Å². The fourth-order valence-electron chi connectivity index (χ4n) is 1.35. The van der Waals surface area contributed by atoms with Crippen molar-refractivity contribution in [3.05, 3.63) is 35.2 Å². The zero-order valence-corrected chi connectivity index (χ0v) is 9.15. The third-order valence-electron chi connectivity index (χ3n) is 2.00. The first-order valence-corrected chi connectivity index (χ1v) is 5.21. The Balaban J connectivity index is 2.36. The van der Waals surface area contributed by atoms with Gasteiger partial charge in [0.1, 0.15) is 5.15 Å². The molecule has 0 unspecified atom stereocenters. The van der Waals surface area contributed by atoms with Crippen molar-refractivity contribution in [2.24, 2.45) is 0 Å². The van der Waals surface area contributed by atoms with E-state index < -0.39 is 0 Å². The number of rotatable bonds is 3. The quantitative estimate of drug-likeness (QED) is 0.800. The van der Waals surface area contributed by atoms with Gasteiger partial charge >= 0.3 is 0 Å². The second kappa shape index (κ2) is 4.40. The third-order valence-corrected chi connectivity index (χ3v) is 2.27. The standard InChI is InChI=1S/C10H11ClN4/c1-2-4-8-7-9(11)15(14-8)10-5-3-6-12-13-10/h3,5-7H,2,4H2,1H3. The summed E-state index contributed by atoms with van der Waals surface area (Å²) in [5.41, 5.74) is 0.980. The number of halogens is 1. The molecule has 0 spiro atoms. The molecule has 5 heteroatoms. The second-order valence-electron chi connectivity index (χ2n) is 3.20. The number of nitrogens with zero attached hydrogens (tertiary/aromatic N) is 4. The van der Waals surface area contributed by atoms with Gasteiger partial charge in [0, 0.05) is 6.20 Å². The molecule has 2 heterocycles. The molecule has 0 saturated carbocycles. The highest BCUT2D eigenvalue weighted by Crippen LogP contribution is 2.15. The molecule has 2 aromatic heterocycles. The zero-order chi connectivity index (χ0) is 10.7. The van der Waals surface area contributed by atoms with Gasteiger partial charge in [-0.15, -0.1) is 5.10 Å². The Morgan fingerprint density at radius 1 is 1.47 bits per heavy atom. The molecule has 0 aliphatic carbocycles. The molecule has 0 amide bonds. The van der Waals surface area contributed by atoms with Crippen LogP contribution in [0.2, 0.25) is 5.15 Å². The zero-order valence-electron chi connectivity index (χ0n) is 8.39. The predicted octanol–water partition coefficient (Wildman–Crippen LogP) is 2.27. The first-order valence-electron chi connectivity index (χ1n) is 4.83. The van der Waals surface area contributed by atoms with Crippen molar-refractivity contribution >= 4 is 11.6 Å². The van der Waals surface area contributed by atoms with E-state index in [0.29, 0.717) is 11.0 Å². The van der Waals surface area contributed by atoms with E-state index in [2.05, 4.69) is 22.2 Å². The van der Waals surface area contributed by atoms with Crippen LogP contribution in [0.3, 0.4) is 0 Å². The predicted molar refractivity (Wildman–Crippen MR) is 58.2 cm³/mol. The van der Waals surface area contributed by atoms with Gasteiger partial charge in [0.15, 0.2) is 5.82 Å². The van der Waals surface area contributed by atoms with Crippen molar-refractivity contribution in [2.75, 3.05) is 0 Å². The number of aryl methyl sites for hydroxylation is 1. The molecule has 0 saturated heterocycles. The third kappa shape index (κ3) is 2.15. The summed E-state index contributed by atoms with van der Waals surface area (Å²) in [7, 11) is 0. The van der Waals surface area contributed by atoms with Crippen molar-refractivity contribution in [1.82, 2.24) is 20.0 Å². The lowest BCUT2D eigenvalue weighted by Crippen LogP contribution is -2.01. The highest BCUT2D eigenvalue weighted by atomic mass is 35.5. The van der Waals surface area contributed by atoms with Gasteiger partial charge in [-0.25, -0.2) is 4.68 Å². The fourth-order valence-corrected chi connectivity index (χ4v) is 1.60. The van der Waals surface area contributed by atoms with Crippen LogP contribution >= 0.6 is 11.6 Å². The molecule has 2 aromatic rings. The van der Waals surface area contributed by atoms with Crippen LogP contribution in [-0.2, 0) is 6.42 Å². The Bertz CT molecular complexity index is 438.